The number of hydrogen-bond donors (Lipinski definition) is 1. The number of benzene rings is 1. The van der Waals surface area contributed by atoms with E-state index in [0.29, 0.717) is 6.04 Å². The number of nitrogens with zero attached hydrogens (tertiary/aromatic N) is 1. The summed E-state index contributed by atoms with van der Waals surface area (Å²) in [6, 6.07) is 10.1. The Bertz CT molecular complexity index is 543. The molecule has 0 fully saturated rings. The van der Waals surface area contributed by atoms with Gasteiger partial charge in [-0.3, -0.25) is 4.98 Å². The van der Waals surface area contributed by atoms with Crippen molar-refractivity contribution in [3.8, 4) is 0 Å². The molecule has 4 heteroatoms. The fraction of sp³-hybridized carbons (Fsp3) is 0.312. The lowest BCUT2D eigenvalue weighted by molar-refractivity contribution is 0.520. The highest BCUT2D eigenvalue weighted by Crippen LogP contribution is 2.22. The molecular weight excluding hydrogens is 291 g/mol. The van der Waals surface area contributed by atoms with E-state index in [1.165, 1.54) is 5.56 Å². The Labute approximate surface area is 130 Å². The van der Waals surface area contributed by atoms with Crippen LogP contribution in [0.3, 0.4) is 0 Å². The first-order valence-electron chi connectivity index (χ1n) is 6.69. The fourth-order valence-electron chi connectivity index (χ4n) is 2.20. The fourth-order valence-corrected chi connectivity index (χ4v) is 2.59. The Kier molecular flexibility index (Phi) is 5.84. The molecule has 0 bridgehead atoms. The summed E-state index contributed by atoms with van der Waals surface area (Å²) in [5, 5.41) is 4.85. The SMILES string of the molecule is CNC(CCc1cccnc1)Cc1cc(Cl)ccc1Cl. The molecule has 0 aliphatic carbocycles. The molecule has 2 nitrogen and oxygen atoms in total. The second-order valence-corrected chi connectivity index (χ2v) is 5.67. The highest BCUT2D eigenvalue weighted by molar-refractivity contribution is 6.33. The minimum Gasteiger partial charge on any atom is -0.317 e. The molecule has 0 saturated carbocycles. The smallest absolute Gasteiger partial charge is 0.0439 e. The Morgan fingerprint density at radius 2 is 2.10 bits per heavy atom. The summed E-state index contributed by atoms with van der Waals surface area (Å²) < 4.78 is 0. The van der Waals surface area contributed by atoms with E-state index in [-0.39, 0.29) is 0 Å². The van der Waals surface area contributed by atoms with Crippen molar-refractivity contribution in [3.63, 3.8) is 0 Å². The van der Waals surface area contributed by atoms with Crippen LogP contribution in [0.2, 0.25) is 10.0 Å². The zero-order valence-corrected chi connectivity index (χ0v) is 13.0. The average Bonchev–Trinajstić information content (AvgIpc) is 2.48. The van der Waals surface area contributed by atoms with Crippen LogP contribution in [0.1, 0.15) is 17.5 Å². The summed E-state index contributed by atoms with van der Waals surface area (Å²) in [5.41, 5.74) is 2.34. The van der Waals surface area contributed by atoms with Crippen LogP contribution in [0.4, 0.5) is 0 Å². The van der Waals surface area contributed by atoms with E-state index in [2.05, 4.69) is 16.4 Å². The van der Waals surface area contributed by atoms with Crippen molar-refractivity contribution in [3.05, 3.63) is 63.9 Å². The molecule has 1 N–H and O–H groups in total. The largest absolute Gasteiger partial charge is 0.317 e. The minimum absolute atomic E-state index is 0.367. The summed E-state index contributed by atoms with van der Waals surface area (Å²) in [6.45, 7) is 0. The van der Waals surface area contributed by atoms with E-state index in [0.717, 1.165) is 34.9 Å². The van der Waals surface area contributed by atoms with Gasteiger partial charge in [-0.15, -0.1) is 0 Å². The van der Waals surface area contributed by atoms with Crippen molar-refractivity contribution in [2.24, 2.45) is 0 Å². The molecule has 1 heterocycles. The van der Waals surface area contributed by atoms with Crippen molar-refractivity contribution in [1.82, 2.24) is 10.3 Å². The van der Waals surface area contributed by atoms with Crippen molar-refractivity contribution < 1.29 is 0 Å². The van der Waals surface area contributed by atoms with Gasteiger partial charge in [-0.2, -0.15) is 0 Å². The normalized spacial score (nSPS) is 12.3. The Balaban J connectivity index is 1.97. The quantitative estimate of drug-likeness (QED) is 0.867. The van der Waals surface area contributed by atoms with Crippen molar-refractivity contribution in [1.29, 1.82) is 0 Å². The monoisotopic (exact) mass is 308 g/mol. The average molecular weight is 309 g/mol. The van der Waals surface area contributed by atoms with E-state index in [1.807, 2.05) is 37.5 Å². The lowest BCUT2D eigenvalue weighted by Gasteiger charge is -2.17. The van der Waals surface area contributed by atoms with Gasteiger partial charge in [0.2, 0.25) is 0 Å². The molecule has 0 saturated heterocycles. The van der Waals surface area contributed by atoms with Gasteiger partial charge in [0.05, 0.1) is 0 Å². The Morgan fingerprint density at radius 3 is 2.80 bits per heavy atom. The number of pyridine rings is 1. The maximum absolute atomic E-state index is 6.22. The maximum atomic E-state index is 6.22. The zero-order chi connectivity index (χ0) is 14.4. The van der Waals surface area contributed by atoms with E-state index in [9.17, 15) is 0 Å². The van der Waals surface area contributed by atoms with Gasteiger partial charge in [0.15, 0.2) is 0 Å². The standard InChI is InChI=1S/C16H18Cl2N2/c1-19-15(6-4-12-3-2-8-20-11-12)10-13-9-14(17)5-7-16(13)18/h2-3,5,7-9,11,15,19H,4,6,10H2,1H3. The van der Waals surface area contributed by atoms with Crippen LogP contribution in [-0.2, 0) is 12.8 Å². The maximum Gasteiger partial charge on any atom is 0.0439 e. The number of nitrogens with one attached hydrogen (secondary N) is 1. The molecule has 106 valence electrons. The van der Waals surface area contributed by atoms with Crippen molar-refractivity contribution in [2.75, 3.05) is 7.05 Å². The van der Waals surface area contributed by atoms with Gasteiger partial charge >= 0.3 is 0 Å². The predicted octanol–water partition coefficient (Wildman–Crippen LogP) is 4.15. The van der Waals surface area contributed by atoms with Crippen LogP contribution >= 0.6 is 23.2 Å². The minimum atomic E-state index is 0.367. The van der Waals surface area contributed by atoms with E-state index >= 15 is 0 Å². The number of halogens is 2. The number of aryl methyl sites for hydroxylation is 1. The molecule has 0 spiro atoms. The van der Waals surface area contributed by atoms with Crippen molar-refractivity contribution in [2.45, 2.75) is 25.3 Å². The van der Waals surface area contributed by atoms with Gasteiger partial charge < -0.3 is 5.32 Å². The zero-order valence-electron chi connectivity index (χ0n) is 11.4. The van der Waals surface area contributed by atoms with Crippen LogP contribution in [0.15, 0.2) is 42.7 Å². The van der Waals surface area contributed by atoms with E-state index in [1.54, 1.807) is 6.20 Å². The topological polar surface area (TPSA) is 24.9 Å². The molecule has 0 aliphatic rings. The van der Waals surface area contributed by atoms with E-state index in [4.69, 9.17) is 23.2 Å². The molecule has 1 aromatic carbocycles. The molecule has 1 atom stereocenters. The van der Waals surface area contributed by atoms with Gasteiger partial charge in [0, 0.05) is 28.5 Å². The van der Waals surface area contributed by atoms with Gasteiger partial charge in [0.1, 0.15) is 0 Å². The first-order valence-corrected chi connectivity index (χ1v) is 7.44. The Hall–Kier alpha value is -1.09. The number of rotatable bonds is 6. The predicted molar refractivity (Wildman–Crippen MR) is 85.6 cm³/mol. The number of likely N-dealkylation sites (N-methyl/N-ethyl adjacent to an activating group) is 1. The molecule has 1 unspecified atom stereocenters. The highest BCUT2D eigenvalue weighted by atomic mass is 35.5. The lowest BCUT2D eigenvalue weighted by Crippen LogP contribution is -2.28. The summed E-state index contributed by atoms with van der Waals surface area (Å²) in [7, 11) is 1.98. The van der Waals surface area contributed by atoms with Gasteiger partial charge in [-0.1, -0.05) is 29.3 Å². The first kappa shape index (κ1) is 15.3. The van der Waals surface area contributed by atoms with Crippen molar-refractivity contribution >= 4 is 23.2 Å². The summed E-state index contributed by atoms with van der Waals surface area (Å²) in [6.07, 6.45) is 6.61. The summed E-state index contributed by atoms with van der Waals surface area (Å²) in [4.78, 5) is 4.14. The molecule has 1 aromatic heterocycles. The molecule has 2 aromatic rings. The highest BCUT2D eigenvalue weighted by Gasteiger charge is 2.10. The molecular formula is C16H18Cl2N2. The molecule has 20 heavy (non-hydrogen) atoms. The molecule has 0 aliphatic heterocycles. The van der Waals surface area contributed by atoms with Gasteiger partial charge in [0.25, 0.3) is 0 Å². The van der Waals surface area contributed by atoms with Crippen LogP contribution < -0.4 is 5.32 Å². The van der Waals surface area contributed by atoms with Crippen LogP contribution in [0, 0.1) is 0 Å². The number of aromatic nitrogens is 1. The first-order chi connectivity index (χ1) is 9.69. The molecule has 0 radical (unpaired) electrons. The third-order valence-corrected chi connectivity index (χ3v) is 3.99. The van der Waals surface area contributed by atoms with Gasteiger partial charge in [-0.05, 0) is 61.7 Å². The van der Waals surface area contributed by atoms with Crippen LogP contribution in [-0.4, -0.2) is 18.1 Å². The van der Waals surface area contributed by atoms with Gasteiger partial charge in [-0.25, -0.2) is 0 Å². The Morgan fingerprint density at radius 1 is 1.25 bits per heavy atom. The second kappa shape index (κ2) is 7.63. The molecule has 0 amide bonds. The second-order valence-electron chi connectivity index (χ2n) is 4.83. The third kappa shape index (κ3) is 4.48. The third-order valence-electron chi connectivity index (χ3n) is 3.39. The molecule has 2 rings (SSSR count). The van der Waals surface area contributed by atoms with Crippen LogP contribution in [0.25, 0.3) is 0 Å². The summed E-state index contributed by atoms with van der Waals surface area (Å²) in [5.74, 6) is 0. The summed E-state index contributed by atoms with van der Waals surface area (Å²) >= 11 is 12.2. The lowest BCUT2D eigenvalue weighted by atomic mass is 10.00. The van der Waals surface area contributed by atoms with Crippen LogP contribution in [0.5, 0.6) is 0 Å². The van der Waals surface area contributed by atoms with E-state index < -0.39 is 0 Å². The number of hydrogen-bond acceptors (Lipinski definition) is 2.